The van der Waals surface area contributed by atoms with Crippen molar-refractivity contribution in [3.05, 3.63) is 54.7 Å². The van der Waals surface area contributed by atoms with E-state index < -0.39 is 5.25 Å². The van der Waals surface area contributed by atoms with Crippen molar-refractivity contribution in [2.24, 2.45) is 0 Å². The van der Waals surface area contributed by atoms with Crippen molar-refractivity contribution in [3.63, 3.8) is 0 Å². The van der Waals surface area contributed by atoms with Crippen molar-refractivity contribution >= 4 is 29.3 Å². The SMILES string of the molecule is O=C1C[C@H](Sc2ccccn2)C(=O)N1c1ccccc1. The van der Waals surface area contributed by atoms with Crippen LogP contribution >= 0.6 is 11.8 Å². The van der Waals surface area contributed by atoms with Gasteiger partial charge in [0.05, 0.1) is 16.0 Å². The first-order valence-electron chi connectivity index (χ1n) is 6.25. The van der Waals surface area contributed by atoms with E-state index in [2.05, 4.69) is 4.98 Å². The topological polar surface area (TPSA) is 50.3 Å². The van der Waals surface area contributed by atoms with Gasteiger partial charge in [-0.05, 0) is 24.3 Å². The number of anilines is 1. The Morgan fingerprint density at radius 1 is 1.05 bits per heavy atom. The largest absolute Gasteiger partial charge is 0.274 e. The summed E-state index contributed by atoms with van der Waals surface area (Å²) in [5.74, 6) is -0.327. The van der Waals surface area contributed by atoms with Crippen molar-refractivity contribution in [2.45, 2.75) is 16.7 Å². The number of para-hydroxylation sites is 1. The van der Waals surface area contributed by atoms with Crippen LogP contribution in [0.1, 0.15) is 6.42 Å². The van der Waals surface area contributed by atoms with Crippen molar-refractivity contribution < 1.29 is 9.59 Å². The Morgan fingerprint density at radius 2 is 1.80 bits per heavy atom. The predicted molar refractivity (Wildman–Crippen MR) is 77.4 cm³/mol. The summed E-state index contributed by atoms with van der Waals surface area (Å²) in [7, 11) is 0. The summed E-state index contributed by atoms with van der Waals surface area (Å²) in [5.41, 5.74) is 0.631. The number of aromatic nitrogens is 1. The lowest BCUT2D eigenvalue weighted by molar-refractivity contribution is -0.121. The number of carbonyl (C=O) groups excluding carboxylic acids is 2. The van der Waals surface area contributed by atoms with Crippen molar-refractivity contribution in [1.29, 1.82) is 0 Å². The number of hydrogen-bond acceptors (Lipinski definition) is 4. The highest BCUT2D eigenvalue weighted by Crippen LogP contribution is 2.32. The molecule has 5 heteroatoms. The average molecular weight is 284 g/mol. The fourth-order valence-corrected chi connectivity index (χ4v) is 3.11. The first-order chi connectivity index (χ1) is 9.75. The molecule has 100 valence electrons. The summed E-state index contributed by atoms with van der Waals surface area (Å²) in [6.45, 7) is 0. The lowest BCUT2D eigenvalue weighted by Gasteiger charge is -2.14. The van der Waals surface area contributed by atoms with Crippen LogP contribution in [-0.2, 0) is 9.59 Å². The highest BCUT2D eigenvalue weighted by Gasteiger charge is 2.40. The Balaban J connectivity index is 1.81. The number of carbonyl (C=O) groups is 2. The van der Waals surface area contributed by atoms with Gasteiger partial charge in [-0.15, -0.1) is 0 Å². The smallest absolute Gasteiger partial charge is 0.247 e. The van der Waals surface area contributed by atoms with Gasteiger partial charge in [-0.1, -0.05) is 36.0 Å². The molecule has 3 rings (SSSR count). The van der Waals surface area contributed by atoms with E-state index in [9.17, 15) is 9.59 Å². The molecule has 0 aliphatic carbocycles. The van der Waals surface area contributed by atoms with Crippen LogP contribution in [0, 0.1) is 0 Å². The zero-order valence-electron chi connectivity index (χ0n) is 10.6. The van der Waals surface area contributed by atoms with Crippen LogP contribution in [0.4, 0.5) is 5.69 Å². The first-order valence-corrected chi connectivity index (χ1v) is 7.13. The summed E-state index contributed by atoms with van der Waals surface area (Å²) in [5, 5.41) is 0.367. The molecule has 2 heterocycles. The number of hydrogen-bond donors (Lipinski definition) is 0. The zero-order valence-corrected chi connectivity index (χ0v) is 11.4. The maximum atomic E-state index is 12.4. The third-order valence-electron chi connectivity index (χ3n) is 3.02. The molecule has 0 bridgehead atoms. The Morgan fingerprint density at radius 3 is 2.50 bits per heavy atom. The van der Waals surface area contributed by atoms with Gasteiger partial charge < -0.3 is 0 Å². The highest BCUT2D eigenvalue weighted by molar-refractivity contribution is 8.00. The molecule has 20 heavy (non-hydrogen) atoms. The van der Waals surface area contributed by atoms with Gasteiger partial charge in [0.15, 0.2) is 0 Å². The third kappa shape index (κ3) is 2.44. The Kier molecular flexibility index (Phi) is 3.52. The van der Waals surface area contributed by atoms with Gasteiger partial charge in [-0.25, -0.2) is 9.88 Å². The van der Waals surface area contributed by atoms with Crippen molar-refractivity contribution in [2.75, 3.05) is 4.90 Å². The second kappa shape index (κ2) is 5.46. The molecule has 2 amide bonds. The van der Waals surface area contributed by atoms with Crippen LogP contribution in [-0.4, -0.2) is 22.0 Å². The van der Waals surface area contributed by atoms with E-state index in [1.807, 2.05) is 36.4 Å². The average Bonchev–Trinajstić information content (AvgIpc) is 2.75. The van der Waals surface area contributed by atoms with Gasteiger partial charge in [-0.3, -0.25) is 9.59 Å². The normalized spacial score (nSPS) is 18.6. The minimum absolute atomic E-state index is 0.158. The molecule has 1 saturated heterocycles. The summed E-state index contributed by atoms with van der Waals surface area (Å²) >= 11 is 1.34. The number of imide groups is 1. The van der Waals surface area contributed by atoms with Crippen LogP contribution < -0.4 is 4.90 Å². The number of thioether (sulfide) groups is 1. The van der Waals surface area contributed by atoms with Gasteiger partial charge in [-0.2, -0.15) is 0 Å². The van der Waals surface area contributed by atoms with Crippen LogP contribution in [0.5, 0.6) is 0 Å². The maximum Gasteiger partial charge on any atom is 0.247 e. The predicted octanol–water partition coefficient (Wildman–Crippen LogP) is 2.51. The molecule has 1 aromatic heterocycles. The van der Waals surface area contributed by atoms with Gasteiger partial charge in [0.2, 0.25) is 11.8 Å². The second-order valence-corrected chi connectivity index (χ2v) is 5.60. The third-order valence-corrected chi connectivity index (χ3v) is 4.16. The molecule has 1 fully saturated rings. The highest BCUT2D eigenvalue weighted by atomic mass is 32.2. The van der Waals surface area contributed by atoms with Gasteiger partial charge in [0.25, 0.3) is 0 Å². The number of rotatable bonds is 3. The molecule has 0 saturated carbocycles. The van der Waals surface area contributed by atoms with Crippen LogP contribution in [0.25, 0.3) is 0 Å². The maximum absolute atomic E-state index is 12.4. The minimum atomic E-state index is -0.391. The molecular formula is C15H12N2O2S. The van der Waals surface area contributed by atoms with Gasteiger partial charge in [0.1, 0.15) is 0 Å². The number of amides is 2. The van der Waals surface area contributed by atoms with Crippen LogP contribution in [0.15, 0.2) is 59.8 Å². The van der Waals surface area contributed by atoms with Crippen molar-refractivity contribution in [1.82, 2.24) is 4.98 Å². The Labute approximate surface area is 120 Å². The summed E-state index contributed by atoms with van der Waals surface area (Å²) in [6.07, 6.45) is 1.90. The lowest BCUT2D eigenvalue weighted by atomic mass is 10.3. The van der Waals surface area contributed by atoms with E-state index in [0.29, 0.717) is 5.69 Å². The molecule has 2 aromatic rings. The monoisotopic (exact) mass is 284 g/mol. The first kappa shape index (κ1) is 12.9. The van der Waals surface area contributed by atoms with E-state index in [4.69, 9.17) is 0 Å². The van der Waals surface area contributed by atoms with E-state index in [-0.39, 0.29) is 18.2 Å². The number of pyridine rings is 1. The van der Waals surface area contributed by atoms with Gasteiger partial charge in [0, 0.05) is 12.6 Å². The molecule has 1 atom stereocenters. The zero-order chi connectivity index (χ0) is 13.9. The fraction of sp³-hybridized carbons (Fsp3) is 0.133. The molecule has 0 radical (unpaired) electrons. The Bertz CT molecular complexity index is 631. The fourth-order valence-electron chi connectivity index (χ4n) is 2.11. The number of nitrogens with zero attached hydrogens (tertiary/aromatic N) is 2. The van der Waals surface area contributed by atoms with E-state index in [1.54, 1.807) is 18.3 Å². The summed E-state index contributed by atoms with van der Waals surface area (Å²) in [4.78, 5) is 29.9. The molecule has 1 aromatic carbocycles. The minimum Gasteiger partial charge on any atom is -0.274 e. The quantitative estimate of drug-likeness (QED) is 0.813. The molecule has 0 spiro atoms. The van der Waals surface area contributed by atoms with Crippen LogP contribution in [0.3, 0.4) is 0 Å². The van der Waals surface area contributed by atoms with Crippen molar-refractivity contribution in [3.8, 4) is 0 Å². The molecule has 1 aliphatic rings. The molecular weight excluding hydrogens is 272 g/mol. The Hall–Kier alpha value is -2.14. The molecule has 0 N–H and O–H groups in total. The number of benzene rings is 1. The summed E-state index contributed by atoms with van der Waals surface area (Å²) < 4.78 is 0. The molecule has 1 aliphatic heterocycles. The molecule has 0 unspecified atom stereocenters. The second-order valence-electron chi connectivity index (χ2n) is 4.38. The van der Waals surface area contributed by atoms with E-state index in [1.165, 1.54) is 16.7 Å². The standard InChI is InChI=1S/C15H12N2O2S/c18-14-10-12(20-13-8-4-5-9-16-13)15(19)17(14)11-6-2-1-3-7-11/h1-9,12H,10H2/t12-/m0/s1. The van der Waals surface area contributed by atoms with Crippen LogP contribution in [0.2, 0.25) is 0 Å². The lowest BCUT2D eigenvalue weighted by Crippen LogP contribution is -2.31. The van der Waals surface area contributed by atoms with E-state index in [0.717, 1.165) is 5.03 Å². The van der Waals surface area contributed by atoms with E-state index >= 15 is 0 Å². The summed E-state index contributed by atoms with van der Waals surface area (Å²) in [6, 6.07) is 14.5. The molecule has 4 nitrogen and oxygen atoms in total. The van der Waals surface area contributed by atoms with Gasteiger partial charge >= 0.3 is 0 Å².